The third kappa shape index (κ3) is 1.17. The lowest BCUT2D eigenvalue weighted by Crippen LogP contribution is -2.13. The topological polar surface area (TPSA) is 21.3 Å². The maximum Gasteiger partial charge on any atom is 0.119 e. The highest BCUT2D eigenvalue weighted by molar-refractivity contribution is 6.19. The van der Waals surface area contributed by atoms with Crippen molar-refractivity contribution in [2.75, 3.05) is 5.88 Å². The van der Waals surface area contributed by atoms with Gasteiger partial charge in [-0.2, -0.15) is 0 Å². The summed E-state index contributed by atoms with van der Waals surface area (Å²) in [6, 6.07) is 0. The quantitative estimate of drug-likeness (QED) is 0.540. The van der Waals surface area contributed by atoms with Crippen molar-refractivity contribution in [2.24, 2.45) is 0 Å². The van der Waals surface area contributed by atoms with Gasteiger partial charge in [-0.25, -0.2) is 5.48 Å². The number of allylic oxidation sites excluding steroid dienone is 3. The molecule has 0 unspecified atom stereocenters. The predicted octanol–water partition coefficient (Wildman–Crippen LogP) is 1.16. The van der Waals surface area contributed by atoms with E-state index in [4.69, 9.17) is 11.6 Å². The molecule has 0 amide bonds. The summed E-state index contributed by atoms with van der Waals surface area (Å²) < 4.78 is 0. The summed E-state index contributed by atoms with van der Waals surface area (Å²) in [7, 11) is 0. The number of hydroxylamine groups is 1. The Morgan fingerprint density at radius 1 is 1.75 bits per heavy atom. The SMILES string of the molecule is ClCC1=CC=CON1. The normalized spacial score (nSPS) is 16.4. The van der Waals surface area contributed by atoms with Crippen LogP contribution < -0.4 is 5.48 Å². The Morgan fingerprint density at radius 3 is 3.00 bits per heavy atom. The average Bonchev–Trinajstić information content (AvgIpc) is 1.90. The van der Waals surface area contributed by atoms with E-state index in [-0.39, 0.29) is 0 Å². The Bertz CT molecular complexity index is 130. The Balaban J connectivity index is 2.50. The number of alkyl halides is 1. The molecular formula is C5H6ClNO. The van der Waals surface area contributed by atoms with E-state index in [1.165, 1.54) is 0 Å². The maximum absolute atomic E-state index is 5.44. The summed E-state index contributed by atoms with van der Waals surface area (Å²) in [6.45, 7) is 0. The zero-order chi connectivity index (χ0) is 5.82. The van der Waals surface area contributed by atoms with E-state index in [9.17, 15) is 0 Å². The van der Waals surface area contributed by atoms with Gasteiger partial charge < -0.3 is 4.84 Å². The van der Waals surface area contributed by atoms with Crippen molar-refractivity contribution in [1.82, 2.24) is 5.48 Å². The molecule has 0 aromatic heterocycles. The summed E-state index contributed by atoms with van der Waals surface area (Å²) in [5.74, 6) is 0.463. The molecule has 1 heterocycles. The van der Waals surface area contributed by atoms with Crippen LogP contribution in [0, 0.1) is 0 Å². The van der Waals surface area contributed by atoms with Gasteiger partial charge in [-0.05, 0) is 12.2 Å². The van der Waals surface area contributed by atoms with Crippen LogP contribution in [-0.2, 0) is 4.84 Å². The van der Waals surface area contributed by atoms with E-state index in [0.29, 0.717) is 5.88 Å². The second kappa shape index (κ2) is 2.62. The van der Waals surface area contributed by atoms with Crippen molar-refractivity contribution >= 4 is 11.6 Å². The standard InChI is InChI=1S/C5H6ClNO/c6-4-5-2-1-3-8-7-5/h1-3,7H,4H2. The lowest BCUT2D eigenvalue weighted by Gasteiger charge is -2.07. The zero-order valence-electron chi connectivity index (χ0n) is 4.23. The molecule has 3 heteroatoms. The van der Waals surface area contributed by atoms with Crippen LogP contribution in [-0.4, -0.2) is 5.88 Å². The number of hydrogen-bond donors (Lipinski definition) is 1. The smallest absolute Gasteiger partial charge is 0.119 e. The van der Waals surface area contributed by atoms with Gasteiger partial charge in [0.15, 0.2) is 0 Å². The van der Waals surface area contributed by atoms with Crippen molar-refractivity contribution in [3.8, 4) is 0 Å². The fourth-order valence-corrected chi connectivity index (χ4v) is 0.554. The minimum atomic E-state index is 0.463. The fourth-order valence-electron chi connectivity index (χ4n) is 0.410. The first kappa shape index (κ1) is 5.51. The summed E-state index contributed by atoms with van der Waals surface area (Å²) >= 11 is 5.44. The van der Waals surface area contributed by atoms with Crippen LogP contribution in [0.15, 0.2) is 24.1 Å². The molecule has 1 aliphatic heterocycles. The molecule has 0 aromatic rings. The molecule has 1 N–H and O–H groups in total. The van der Waals surface area contributed by atoms with Gasteiger partial charge in [0.1, 0.15) is 6.26 Å². The van der Waals surface area contributed by atoms with Gasteiger partial charge in [0, 0.05) is 0 Å². The van der Waals surface area contributed by atoms with E-state index in [1.54, 1.807) is 12.3 Å². The van der Waals surface area contributed by atoms with E-state index in [0.717, 1.165) is 5.70 Å². The van der Waals surface area contributed by atoms with Crippen molar-refractivity contribution in [3.05, 3.63) is 24.1 Å². The average molecular weight is 132 g/mol. The van der Waals surface area contributed by atoms with Gasteiger partial charge in [0.05, 0.1) is 11.6 Å². The van der Waals surface area contributed by atoms with Crippen LogP contribution in [0.25, 0.3) is 0 Å². The first-order valence-corrected chi connectivity index (χ1v) is 2.80. The van der Waals surface area contributed by atoms with Crippen LogP contribution in [0.4, 0.5) is 0 Å². The van der Waals surface area contributed by atoms with Gasteiger partial charge in [0.25, 0.3) is 0 Å². The second-order valence-electron chi connectivity index (χ2n) is 1.37. The summed E-state index contributed by atoms with van der Waals surface area (Å²) in [4.78, 5) is 4.69. The van der Waals surface area contributed by atoms with Crippen molar-refractivity contribution < 1.29 is 4.84 Å². The van der Waals surface area contributed by atoms with Gasteiger partial charge in [0.2, 0.25) is 0 Å². The molecule has 0 aromatic carbocycles. The summed E-state index contributed by atoms with van der Waals surface area (Å²) in [5.41, 5.74) is 3.49. The molecule has 0 spiro atoms. The van der Waals surface area contributed by atoms with E-state index < -0.39 is 0 Å². The van der Waals surface area contributed by atoms with Crippen LogP contribution in [0.2, 0.25) is 0 Å². The molecule has 44 valence electrons. The van der Waals surface area contributed by atoms with Crippen molar-refractivity contribution in [3.63, 3.8) is 0 Å². The van der Waals surface area contributed by atoms with E-state index in [1.807, 2.05) is 6.08 Å². The van der Waals surface area contributed by atoms with E-state index >= 15 is 0 Å². The first-order valence-electron chi connectivity index (χ1n) is 2.27. The molecule has 0 atom stereocenters. The maximum atomic E-state index is 5.44. The molecule has 0 aliphatic carbocycles. The molecule has 0 bridgehead atoms. The van der Waals surface area contributed by atoms with Crippen LogP contribution in [0.3, 0.4) is 0 Å². The Morgan fingerprint density at radius 2 is 2.62 bits per heavy atom. The number of rotatable bonds is 1. The largest absolute Gasteiger partial charge is 0.390 e. The number of halogens is 1. The molecule has 2 nitrogen and oxygen atoms in total. The Kier molecular flexibility index (Phi) is 1.80. The van der Waals surface area contributed by atoms with Crippen LogP contribution in [0.5, 0.6) is 0 Å². The molecule has 0 radical (unpaired) electrons. The van der Waals surface area contributed by atoms with Crippen LogP contribution >= 0.6 is 11.6 Å². The Labute approximate surface area is 52.7 Å². The highest BCUT2D eigenvalue weighted by atomic mass is 35.5. The lowest BCUT2D eigenvalue weighted by atomic mass is 10.4. The first-order chi connectivity index (χ1) is 3.93. The highest BCUT2D eigenvalue weighted by Crippen LogP contribution is 1.97. The van der Waals surface area contributed by atoms with Gasteiger partial charge in [-0.1, -0.05) is 0 Å². The van der Waals surface area contributed by atoms with Crippen LogP contribution in [0.1, 0.15) is 0 Å². The summed E-state index contributed by atoms with van der Waals surface area (Å²) in [5, 5.41) is 0. The lowest BCUT2D eigenvalue weighted by molar-refractivity contribution is 0.160. The summed E-state index contributed by atoms with van der Waals surface area (Å²) in [6.07, 6.45) is 5.20. The van der Waals surface area contributed by atoms with Crippen molar-refractivity contribution in [1.29, 1.82) is 0 Å². The highest BCUT2D eigenvalue weighted by Gasteiger charge is 1.93. The molecular weight excluding hydrogens is 126 g/mol. The van der Waals surface area contributed by atoms with Crippen molar-refractivity contribution in [2.45, 2.75) is 0 Å². The molecule has 0 fully saturated rings. The monoisotopic (exact) mass is 131 g/mol. The molecule has 1 aliphatic rings. The van der Waals surface area contributed by atoms with E-state index in [2.05, 4.69) is 10.3 Å². The third-order valence-corrected chi connectivity index (χ3v) is 1.07. The third-order valence-electron chi connectivity index (χ3n) is 0.778. The molecule has 0 saturated heterocycles. The Hall–Kier alpha value is -0.630. The van der Waals surface area contributed by atoms with Gasteiger partial charge in [-0.3, -0.25) is 0 Å². The van der Waals surface area contributed by atoms with Gasteiger partial charge in [-0.15, -0.1) is 11.6 Å². The molecule has 1 rings (SSSR count). The molecule has 0 saturated carbocycles. The van der Waals surface area contributed by atoms with Gasteiger partial charge >= 0.3 is 0 Å². The predicted molar refractivity (Wildman–Crippen MR) is 32.2 cm³/mol. The zero-order valence-corrected chi connectivity index (χ0v) is 4.98. The minimum Gasteiger partial charge on any atom is -0.390 e. The molecule has 8 heavy (non-hydrogen) atoms. The minimum absolute atomic E-state index is 0.463. The number of hydrogen-bond acceptors (Lipinski definition) is 2. The second-order valence-corrected chi connectivity index (χ2v) is 1.64. The fraction of sp³-hybridized carbons (Fsp3) is 0.200. The number of nitrogens with one attached hydrogen (secondary N) is 1.